The Morgan fingerprint density at radius 1 is 1.23 bits per heavy atom. The van der Waals surface area contributed by atoms with Crippen LogP contribution in [0.2, 0.25) is 0 Å². The Labute approximate surface area is 204 Å². The number of amides is 1. The number of carbonyl (C=O) groups is 2. The fourth-order valence-electron chi connectivity index (χ4n) is 5.05. The average molecular weight is 483 g/mol. The number of aliphatic carboxylic acids is 1. The SMILES string of the molecule is CCC(C(=O)O)n1c2c(c3cc(F)ccc31)CC(N(CCOC)C(=O)OCc1ccccc1)CC2. The number of carboxylic acid groups (broad SMARTS) is 1. The summed E-state index contributed by atoms with van der Waals surface area (Å²) < 4.78 is 26.9. The van der Waals surface area contributed by atoms with Gasteiger partial charge in [0.1, 0.15) is 18.5 Å². The lowest BCUT2D eigenvalue weighted by atomic mass is 9.90. The molecule has 3 aromatic rings. The first-order valence-electron chi connectivity index (χ1n) is 11.9. The average Bonchev–Trinajstić information content (AvgIpc) is 3.17. The number of carbonyl (C=O) groups excluding carboxylic acids is 1. The van der Waals surface area contributed by atoms with Gasteiger partial charge in [0.05, 0.1) is 6.61 Å². The normalized spacial score (nSPS) is 16.0. The summed E-state index contributed by atoms with van der Waals surface area (Å²) in [6.07, 6.45) is 1.70. The molecule has 7 nitrogen and oxygen atoms in total. The molecule has 1 aliphatic carbocycles. The highest BCUT2D eigenvalue weighted by Crippen LogP contribution is 2.37. The van der Waals surface area contributed by atoms with Crippen molar-refractivity contribution in [3.05, 3.63) is 71.2 Å². The molecule has 1 aliphatic rings. The molecule has 2 unspecified atom stereocenters. The van der Waals surface area contributed by atoms with Gasteiger partial charge < -0.3 is 24.0 Å². The van der Waals surface area contributed by atoms with Crippen molar-refractivity contribution < 1.29 is 28.6 Å². The van der Waals surface area contributed by atoms with E-state index in [4.69, 9.17) is 9.47 Å². The van der Waals surface area contributed by atoms with Crippen molar-refractivity contribution in [2.75, 3.05) is 20.3 Å². The zero-order valence-corrected chi connectivity index (χ0v) is 20.1. The van der Waals surface area contributed by atoms with Gasteiger partial charge in [-0.1, -0.05) is 37.3 Å². The molecular weight excluding hydrogens is 451 g/mol. The highest BCUT2D eigenvalue weighted by Gasteiger charge is 2.34. The van der Waals surface area contributed by atoms with E-state index in [-0.39, 0.29) is 18.5 Å². The molecule has 0 saturated heterocycles. The van der Waals surface area contributed by atoms with E-state index in [1.165, 1.54) is 12.1 Å². The lowest BCUT2D eigenvalue weighted by Gasteiger charge is -2.34. The van der Waals surface area contributed by atoms with E-state index < -0.39 is 18.1 Å². The highest BCUT2D eigenvalue weighted by atomic mass is 19.1. The number of fused-ring (bicyclic) bond motifs is 3. The van der Waals surface area contributed by atoms with Crippen LogP contribution in [0.3, 0.4) is 0 Å². The van der Waals surface area contributed by atoms with Crippen LogP contribution in [0, 0.1) is 5.82 Å². The van der Waals surface area contributed by atoms with E-state index in [9.17, 15) is 19.1 Å². The summed E-state index contributed by atoms with van der Waals surface area (Å²) in [6, 6.07) is 13.1. The summed E-state index contributed by atoms with van der Waals surface area (Å²) >= 11 is 0. The van der Waals surface area contributed by atoms with Crippen LogP contribution in [0.25, 0.3) is 10.9 Å². The predicted molar refractivity (Wildman–Crippen MR) is 130 cm³/mol. The summed E-state index contributed by atoms with van der Waals surface area (Å²) in [7, 11) is 1.58. The molecule has 8 heteroatoms. The van der Waals surface area contributed by atoms with Crippen LogP contribution in [0.15, 0.2) is 48.5 Å². The molecule has 186 valence electrons. The van der Waals surface area contributed by atoms with Crippen LogP contribution in [-0.4, -0.2) is 52.9 Å². The zero-order valence-electron chi connectivity index (χ0n) is 20.1. The molecule has 2 aromatic carbocycles. The Morgan fingerprint density at radius 2 is 2.00 bits per heavy atom. The first-order chi connectivity index (χ1) is 16.9. The van der Waals surface area contributed by atoms with Gasteiger partial charge in [-0.3, -0.25) is 0 Å². The minimum atomic E-state index is -0.912. The van der Waals surface area contributed by atoms with Crippen LogP contribution in [-0.2, 0) is 33.7 Å². The smallest absolute Gasteiger partial charge is 0.410 e. The van der Waals surface area contributed by atoms with Crippen molar-refractivity contribution in [1.82, 2.24) is 9.47 Å². The highest BCUT2D eigenvalue weighted by molar-refractivity contribution is 5.88. The molecule has 4 rings (SSSR count). The molecule has 0 saturated carbocycles. The second kappa shape index (κ2) is 10.9. The number of hydrogen-bond donors (Lipinski definition) is 1. The van der Waals surface area contributed by atoms with Gasteiger partial charge in [0.25, 0.3) is 0 Å². The quantitative estimate of drug-likeness (QED) is 0.466. The summed E-state index contributed by atoms with van der Waals surface area (Å²) in [5, 5.41) is 10.5. The van der Waals surface area contributed by atoms with Crippen LogP contribution < -0.4 is 0 Å². The van der Waals surface area contributed by atoms with E-state index in [2.05, 4.69) is 0 Å². The van der Waals surface area contributed by atoms with Gasteiger partial charge in [0.15, 0.2) is 0 Å². The molecule has 1 heterocycles. The maximum absolute atomic E-state index is 14.2. The Bertz CT molecular complexity index is 1190. The molecule has 1 aromatic heterocycles. The van der Waals surface area contributed by atoms with Gasteiger partial charge >= 0.3 is 12.1 Å². The zero-order chi connectivity index (χ0) is 24.9. The van der Waals surface area contributed by atoms with Crippen molar-refractivity contribution >= 4 is 23.0 Å². The Balaban J connectivity index is 1.64. The van der Waals surface area contributed by atoms with E-state index in [0.717, 1.165) is 16.8 Å². The van der Waals surface area contributed by atoms with Crippen LogP contribution in [0.4, 0.5) is 9.18 Å². The van der Waals surface area contributed by atoms with Crippen molar-refractivity contribution in [2.24, 2.45) is 0 Å². The third kappa shape index (κ3) is 5.17. The van der Waals surface area contributed by atoms with Gasteiger partial charge in [-0.05, 0) is 55.0 Å². The van der Waals surface area contributed by atoms with Crippen LogP contribution >= 0.6 is 0 Å². The second-order valence-corrected chi connectivity index (χ2v) is 8.84. The number of nitrogens with zero attached hydrogens (tertiary/aromatic N) is 2. The maximum atomic E-state index is 14.2. The van der Waals surface area contributed by atoms with E-state index >= 15 is 0 Å². The van der Waals surface area contributed by atoms with Crippen molar-refractivity contribution in [2.45, 2.75) is 51.3 Å². The Hall–Kier alpha value is -3.39. The number of ether oxygens (including phenoxy) is 2. The monoisotopic (exact) mass is 482 g/mol. The summed E-state index contributed by atoms with van der Waals surface area (Å²) in [5.74, 6) is -1.29. The molecular formula is C27H31FN2O5. The number of rotatable bonds is 9. The summed E-state index contributed by atoms with van der Waals surface area (Å²) in [4.78, 5) is 26.8. The van der Waals surface area contributed by atoms with E-state index in [1.807, 2.05) is 41.8 Å². The third-order valence-electron chi connectivity index (χ3n) is 6.74. The summed E-state index contributed by atoms with van der Waals surface area (Å²) in [5.41, 5.74) is 3.41. The first-order valence-corrected chi connectivity index (χ1v) is 11.9. The maximum Gasteiger partial charge on any atom is 0.410 e. The predicted octanol–water partition coefficient (Wildman–Crippen LogP) is 4.96. The number of hydrogen-bond acceptors (Lipinski definition) is 4. The molecule has 1 amide bonds. The van der Waals surface area contributed by atoms with Gasteiger partial charge in [0.2, 0.25) is 0 Å². The van der Waals surface area contributed by atoms with Gasteiger partial charge in [0, 0.05) is 36.3 Å². The molecule has 0 fully saturated rings. The topological polar surface area (TPSA) is 81.0 Å². The minimum absolute atomic E-state index is 0.169. The molecule has 0 radical (unpaired) electrons. The van der Waals surface area contributed by atoms with Gasteiger partial charge in [-0.25, -0.2) is 14.0 Å². The van der Waals surface area contributed by atoms with Crippen LogP contribution in [0.1, 0.15) is 42.6 Å². The number of halogens is 1. The van der Waals surface area contributed by atoms with E-state index in [0.29, 0.717) is 49.7 Å². The molecule has 2 atom stereocenters. The van der Waals surface area contributed by atoms with Crippen molar-refractivity contribution in [1.29, 1.82) is 0 Å². The van der Waals surface area contributed by atoms with Gasteiger partial charge in [-0.15, -0.1) is 0 Å². The number of carboxylic acids is 1. The van der Waals surface area contributed by atoms with Crippen molar-refractivity contribution in [3.8, 4) is 0 Å². The first kappa shape index (κ1) is 24.7. The fourth-order valence-corrected chi connectivity index (χ4v) is 5.05. The molecule has 0 bridgehead atoms. The molecule has 0 spiro atoms. The lowest BCUT2D eigenvalue weighted by Crippen LogP contribution is -2.45. The van der Waals surface area contributed by atoms with Crippen LogP contribution in [0.5, 0.6) is 0 Å². The third-order valence-corrected chi connectivity index (χ3v) is 6.74. The fraction of sp³-hybridized carbons (Fsp3) is 0.407. The minimum Gasteiger partial charge on any atom is -0.480 e. The Kier molecular flexibility index (Phi) is 7.70. The standard InChI is InChI=1S/C27H31FN2O5/c1-3-23(26(31)32)30-24-11-9-19(28)15-21(24)22-16-20(10-12-25(22)30)29(13-14-34-2)27(33)35-17-18-7-5-4-6-8-18/h4-9,11,15,20,23H,3,10,12-14,16-17H2,1-2H3,(H,31,32). The largest absolute Gasteiger partial charge is 0.480 e. The van der Waals surface area contributed by atoms with Gasteiger partial charge in [-0.2, -0.15) is 0 Å². The Morgan fingerprint density at radius 3 is 2.69 bits per heavy atom. The molecule has 1 N–H and O–H groups in total. The number of aromatic nitrogens is 1. The van der Waals surface area contributed by atoms with E-state index in [1.54, 1.807) is 18.1 Å². The summed E-state index contributed by atoms with van der Waals surface area (Å²) in [6.45, 7) is 2.73. The molecule has 35 heavy (non-hydrogen) atoms. The molecule has 0 aliphatic heterocycles. The van der Waals surface area contributed by atoms with Crippen molar-refractivity contribution in [3.63, 3.8) is 0 Å². The lowest BCUT2D eigenvalue weighted by molar-refractivity contribution is -0.140. The number of methoxy groups -OCH3 is 1. The number of benzene rings is 2. The second-order valence-electron chi connectivity index (χ2n) is 8.84.